The van der Waals surface area contributed by atoms with Gasteiger partial charge in [-0.25, -0.2) is 4.79 Å². The molecule has 4 nitrogen and oxygen atoms in total. The average Bonchev–Trinajstić information content (AvgIpc) is 3.21. The number of allylic oxidation sites excluding steroid dienone is 1. The second-order valence-corrected chi connectivity index (χ2v) is 12.6. The van der Waals surface area contributed by atoms with Crippen molar-refractivity contribution in [1.29, 1.82) is 0 Å². The van der Waals surface area contributed by atoms with Crippen LogP contribution in [-0.4, -0.2) is 31.0 Å². The minimum atomic E-state index is -0.850. The van der Waals surface area contributed by atoms with Crippen molar-refractivity contribution < 1.29 is 14.7 Å². The lowest BCUT2D eigenvalue weighted by Gasteiger charge is -2.31. The zero-order valence-corrected chi connectivity index (χ0v) is 25.4. The molecule has 0 aromatic heterocycles. The maximum atomic E-state index is 12.7. The van der Waals surface area contributed by atoms with Crippen LogP contribution < -0.4 is 4.90 Å². The molecular formula is C35H49NO3. The van der Waals surface area contributed by atoms with E-state index < -0.39 is 5.97 Å². The highest BCUT2D eigenvalue weighted by atomic mass is 16.4. The van der Waals surface area contributed by atoms with E-state index in [1.807, 2.05) is 25.1 Å². The number of benzene rings is 2. The second kappa shape index (κ2) is 12.5. The Bertz CT molecular complexity index is 1190. The van der Waals surface area contributed by atoms with Crippen LogP contribution in [0.15, 0.2) is 48.0 Å². The molecule has 4 heteroatoms. The number of carboxylic acids is 1. The molecule has 2 aliphatic carbocycles. The third-order valence-corrected chi connectivity index (χ3v) is 9.61. The fraction of sp³-hybridized carbons (Fsp3) is 0.543. The Morgan fingerprint density at radius 2 is 1.77 bits per heavy atom. The largest absolute Gasteiger partial charge is 0.478 e. The van der Waals surface area contributed by atoms with Gasteiger partial charge in [0.25, 0.3) is 0 Å². The first-order valence-corrected chi connectivity index (χ1v) is 14.7. The van der Waals surface area contributed by atoms with E-state index in [-0.39, 0.29) is 10.8 Å². The number of carbonyl (C=O) groups excluding carboxylic acids is 1. The van der Waals surface area contributed by atoms with Crippen molar-refractivity contribution >= 4 is 23.5 Å². The molecule has 0 heterocycles. The molecule has 0 spiro atoms. The van der Waals surface area contributed by atoms with E-state index in [1.54, 1.807) is 6.07 Å². The van der Waals surface area contributed by atoms with Gasteiger partial charge in [0.05, 0.1) is 11.3 Å². The van der Waals surface area contributed by atoms with Crippen molar-refractivity contribution in [3.8, 4) is 0 Å². The third-order valence-electron chi connectivity index (χ3n) is 9.61. The highest BCUT2D eigenvalue weighted by Crippen LogP contribution is 2.65. The SMILES string of the molecule is CCCCC(CC)Cc1cccc(C(=O)O)c1N(C)C.Cc1ccc(C=C2C(=O)C3(C)CCC2C3(C)C)cc1. The number of nitrogens with zero attached hydrogens (tertiary/aromatic N) is 1. The molecule has 3 atom stereocenters. The van der Waals surface area contributed by atoms with Gasteiger partial charge in [0.15, 0.2) is 5.78 Å². The van der Waals surface area contributed by atoms with Gasteiger partial charge in [-0.2, -0.15) is 0 Å². The molecule has 2 saturated carbocycles. The number of hydrogen-bond donors (Lipinski definition) is 1. The molecule has 0 radical (unpaired) electrons. The molecule has 2 aromatic rings. The Morgan fingerprint density at radius 3 is 2.28 bits per heavy atom. The number of aryl methyl sites for hydroxylation is 1. The van der Waals surface area contributed by atoms with Gasteiger partial charge in [-0.05, 0) is 72.3 Å². The summed E-state index contributed by atoms with van der Waals surface area (Å²) < 4.78 is 0. The molecular weight excluding hydrogens is 482 g/mol. The molecule has 2 aliphatic rings. The summed E-state index contributed by atoms with van der Waals surface area (Å²) in [5.74, 6) is 0.607. The van der Waals surface area contributed by atoms with Crippen molar-refractivity contribution in [3.63, 3.8) is 0 Å². The summed E-state index contributed by atoms with van der Waals surface area (Å²) in [5, 5.41) is 9.35. The lowest BCUT2D eigenvalue weighted by Crippen LogP contribution is -2.32. The first-order chi connectivity index (χ1) is 18.4. The highest BCUT2D eigenvalue weighted by Gasteiger charge is 2.63. The molecule has 0 amide bonds. The van der Waals surface area contributed by atoms with E-state index in [0.717, 1.165) is 48.1 Å². The van der Waals surface area contributed by atoms with E-state index in [9.17, 15) is 14.7 Å². The van der Waals surface area contributed by atoms with Gasteiger partial charge in [0, 0.05) is 19.5 Å². The van der Waals surface area contributed by atoms with Crippen LogP contribution in [0.1, 0.15) is 100 Å². The first kappa shape index (κ1) is 30.7. The zero-order valence-electron chi connectivity index (χ0n) is 25.4. The van der Waals surface area contributed by atoms with Gasteiger partial charge < -0.3 is 10.0 Å². The van der Waals surface area contributed by atoms with Crippen LogP contribution in [-0.2, 0) is 11.2 Å². The van der Waals surface area contributed by atoms with E-state index in [2.05, 4.69) is 78.0 Å². The van der Waals surface area contributed by atoms with Crippen molar-refractivity contribution in [1.82, 2.24) is 0 Å². The number of fused-ring (bicyclic) bond motifs is 2. The molecule has 2 aromatic carbocycles. The van der Waals surface area contributed by atoms with Gasteiger partial charge in [-0.1, -0.05) is 102 Å². The van der Waals surface area contributed by atoms with Crippen molar-refractivity contribution in [2.45, 2.75) is 86.5 Å². The minimum absolute atomic E-state index is 0.112. The molecule has 4 rings (SSSR count). The Balaban J connectivity index is 0.000000216. The number of unbranched alkanes of at least 4 members (excludes halogenated alkanes) is 1. The van der Waals surface area contributed by atoms with Crippen molar-refractivity contribution in [3.05, 3.63) is 70.3 Å². The lowest BCUT2D eigenvalue weighted by atomic mass is 9.70. The normalized spacial score (nSPS) is 22.9. The maximum Gasteiger partial charge on any atom is 0.337 e. The summed E-state index contributed by atoms with van der Waals surface area (Å²) in [6, 6.07) is 14.0. The number of anilines is 1. The summed E-state index contributed by atoms with van der Waals surface area (Å²) >= 11 is 0. The second-order valence-electron chi connectivity index (χ2n) is 12.6. The number of rotatable bonds is 9. The van der Waals surface area contributed by atoms with E-state index in [1.165, 1.54) is 24.8 Å². The summed E-state index contributed by atoms with van der Waals surface area (Å²) in [7, 11) is 3.83. The summed E-state index contributed by atoms with van der Waals surface area (Å²) in [4.78, 5) is 26.0. The van der Waals surface area contributed by atoms with Crippen LogP contribution in [0.25, 0.3) is 6.08 Å². The van der Waals surface area contributed by atoms with Crippen LogP contribution >= 0.6 is 0 Å². The summed E-state index contributed by atoms with van der Waals surface area (Å²) in [5.41, 5.74) is 5.84. The molecule has 0 saturated heterocycles. The summed E-state index contributed by atoms with van der Waals surface area (Å²) in [6.07, 6.45) is 10.1. The fourth-order valence-corrected chi connectivity index (χ4v) is 6.65. The molecule has 212 valence electrons. The number of hydrogen-bond acceptors (Lipinski definition) is 3. The average molecular weight is 532 g/mol. The Kier molecular flexibility index (Phi) is 9.85. The molecule has 0 aliphatic heterocycles. The van der Waals surface area contributed by atoms with Crippen LogP contribution in [0.3, 0.4) is 0 Å². The smallest absolute Gasteiger partial charge is 0.337 e. The van der Waals surface area contributed by atoms with E-state index in [0.29, 0.717) is 23.2 Å². The van der Waals surface area contributed by atoms with Gasteiger partial charge in [-0.3, -0.25) is 4.79 Å². The first-order valence-electron chi connectivity index (χ1n) is 14.7. The molecule has 39 heavy (non-hydrogen) atoms. The zero-order chi connectivity index (χ0) is 29.0. The predicted octanol–water partition coefficient (Wildman–Crippen LogP) is 8.61. The highest BCUT2D eigenvalue weighted by molar-refractivity contribution is 6.07. The monoisotopic (exact) mass is 531 g/mol. The van der Waals surface area contributed by atoms with Gasteiger partial charge in [0.1, 0.15) is 0 Å². The fourth-order valence-electron chi connectivity index (χ4n) is 6.65. The number of para-hydroxylation sites is 1. The molecule has 1 N–H and O–H groups in total. The van der Waals surface area contributed by atoms with Crippen molar-refractivity contribution in [2.24, 2.45) is 22.7 Å². The Hall–Kier alpha value is -2.88. The number of aromatic carboxylic acids is 1. The minimum Gasteiger partial charge on any atom is -0.478 e. The maximum absolute atomic E-state index is 12.7. The number of carbonyl (C=O) groups is 2. The van der Waals surface area contributed by atoms with Crippen LogP contribution in [0, 0.1) is 29.6 Å². The topological polar surface area (TPSA) is 57.6 Å². The van der Waals surface area contributed by atoms with E-state index in [4.69, 9.17) is 0 Å². The summed E-state index contributed by atoms with van der Waals surface area (Å²) in [6.45, 7) is 13.2. The number of ketones is 1. The molecule has 2 fully saturated rings. The van der Waals surface area contributed by atoms with Crippen LogP contribution in [0.5, 0.6) is 0 Å². The Morgan fingerprint density at radius 1 is 1.10 bits per heavy atom. The van der Waals surface area contributed by atoms with Gasteiger partial charge in [0.2, 0.25) is 0 Å². The van der Waals surface area contributed by atoms with E-state index >= 15 is 0 Å². The quantitative estimate of drug-likeness (QED) is 0.329. The Labute approximate surface area is 236 Å². The van der Waals surface area contributed by atoms with Crippen molar-refractivity contribution in [2.75, 3.05) is 19.0 Å². The van der Waals surface area contributed by atoms with Gasteiger partial charge in [-0.15, -0.1) is 0 Å². The molecule has 2 bridgehead atoms. The van der Waals surface area contributed by atoms with Crippen LogP contribution in [0.4, 0.5) is 5.69 Å². The predicted molar refractivity (Wildman–Crippen MR) is 164 cm³/mol. The third kappa shape index (κ3) is 6.31. The number of Topliss-reactive ketones (excluding diaryl/α,β-unsaturated/α-hetero) is 1. The molecule has 3 unspecified atom stereocenters. The lowest BCUT2D eigenvalue weighted by molar-refractivity contribution is -0.125. The number of carboxylic acid groups (broad SMARTS) is 1. The standard InChI is InChI=1S/C18H22O.C17H27NO2/c1-12-5-7-13(8-6-12)11-14-15-9-10-18(4,16(14)19)17(15,2)3;1-5-7-9-13(6-2)12-14-10-8-11-15(17(19)20)16(14)18(3)4/h5-8,11,15H,9-10H2,1-4H3;8,10-11,13H,5-7,9,12H2,1-4H3,(H,19,20). The van der Waals surface area contributed by atoms with Crippen LogP contribution in [0.2, 0.25) is 0 Å². The van der Waals surface area contributed by atoms with Gasteiger partial charge >= 0.3 is 5.97 Å².